The van der Waals surface area contributed by atoms with E-state index in [0.29, 0.717) is 0 Å². The molecule has 0 saturated heterocycles. The van der Waals surface area contributed by atoms with Crippen molar-refractivity contribution < 1.29 is 0 Å². The molecule has 0 bridgehead atoms. The number of para-hydroxylation sites is 1. The molecule has 0 amide bonds. The Kier molecular flexibility index (Phi) is 3.80. The first kappa shape index (κ1) is 16.2. The summed E-state index contributed by atoms with van der Waals surface area (Å²) in [6.07, 6.45) is 0. The van der Waals surface area contributed by atoms with Crippen LogP contribution in [0.15, 0.2) is 95.9 Å². The first-order valence-corrected chi connectivity index (χ1v) is 9.56. The minimum absolute atomic E-state index is 1.01. The van der Waals surface area contributed by atoms with Gasteiger partial charge in [-0.2, -0.15) is 0 Å². The standard InChI is InChI=1S/C25H19NS/c1-17-8-7-11-19(16-17)26-23-13-6-5-12-21(23)22-15-14-20(25(27)24(22)26)18-9-3-2-4-10-18/h2-16,27H,1H3. The molecule has 0 saturated carbocycles. The van der Waals surface area contributed by atoms with E-state index in [9.17, 15) is 0 Å². The van der Waals surface area contributed by atoms with Gasteiger partial charge in [0.05, 0.1) is 11.0 Å². The van der Waals surface area contributed by atoms with Gasteiger partial charge in [0.15, 0.2) is 0 Å². The van der Waals surface area contributed by atoms with Crippen LogP contribution < -0.4 is 0 Å². The van der Waals surface area contributed by atoms with Gasteiger partial charge in [-0.3, -0.25) is 0 Å². The monoisotopic (exact) mass is 365 g/mol. The van der Waals surface area contributed by atoms with Crippen molar-refractivity contribution in [1.29, 1.82) is 0 Å². The van der Waals surface area contributed by atoms with Gasteiger partial charge < -0.3 is 4.57 Å². The Morgan fingerprint density at radius 3 is 2.30 bits per heavy atom. The summed E-state index contributed by atoms with van der Waals surface area (Å²) in [5, 5.41) is 2.49. The fraction of sp³-hybridized carbons (Fsp3) is 0.0400. The van der Waals surface area contributed by atoms with E-state index in [1.54, 1.807) is 0 Å². The largest absolute Gasteiger partial charge is 0.308 e. The fourth-order valence-electron chi connectivity index (χ4n) is 3.93. The van der Waals surface area contributed by atoms with Crippen LogP contribution in [0.4, 0.5) is 0 Å². The van der Waals surface area contributed by atoms with Gasteiger partial charge in [0, 0.05) is 21.4 Å². The zero-order valence-corrected chi connectivity index (χ0v) is 15.9. The van der Waals surface area contributed by atoms with Gasteiger partial charge in [-0.25, -0.2) is 0 Å². The second-order valence-corrected chi connectivity index (χ2v) is 7.36. The van der Waals surface area contributed by atoms with Gasteiger partial charge in [0.1, 0.15) is 0 Å². The maximum absolute atomic E-state index is 5.01. The van der Waals surface area contributed by atoms with E-state index in [2.05, 4.69) is 96.4 Å². The number of rotatable bonds is 2. The lowest BCUT2D eigenvalue weighted by atomic mass is 10.0. The molecule has 0 spiro atoms. The Labute approximate surface area is 164 Å². The minimum Gasteiger partial charge on any atom is -0.308 e. The summed E-state index contributed by atoms with van der Waals surface area (Å²) in [4.78, 5) is 1.01. The Morgan fingerprint density at radius 1 is 0.704 bits per heavy atom. The highest BCUT2D eigenvalue weighted by Crippen LogP contribution is 2.39. The van der Waals surface area contributed by atoms with Crippen LogP contribution >= 0.6 is 12.6 Å². The van der Waals surface area contributed by atoms with Crippen LogP contribution in [0.3, 0.4) is 0 Å². The summed E-state index contributed by atoms with van der Waals surface area (Å²) in [6.45, 7) is 2.13. The van der Waals surface area contributed by atoms with E-state index in [1.807, 2.05) is 6.07 Å². The van der Waals surface area contributed by atoms with E-state index in [-0.39, 0.29) is 0 Å². The third-order valence-corrected chi connectivity index (χ3v) is 5.61. The predicted molar refractivity (Wildman–Crippen MR) is 118 cm³/mol. The number of aryl methyl sites for hydroxylation is 1. The fourth-order valence-corrected chi connectivity index (χ4v) is 4.35. The molecular formula is C25H19NS. The SMILES string of the molecule is Cc1cccc(-n2c3ccccc3c3ccc(-c4ccccc4)c(S)c32)c1. The van der Waals surface area contributed by atoms with Crippen molar-refractivity contribution >= 4 is 34.4 Å². The normalized spacial score (nSPS) is 11.3. The molecule has 0 N–H and O–H groups in total. The van der Waals surface area contributed by atoms with E-state index < -0.39 is 0 Å². The molecule has 4 aromatic carbocycles. The van der Waals surface area contributed by atoms with Gasteiger partial charge in [-0.15, -0.1) is 12.6 Å². The van der Waals surface area contributed by atoms with Crippen molar-refractivity contribution in [1.82, 2.24) is 4.57 Å². The molecule has 1 nitrogen and oxygen atoms in total. The molecule has 0 aliphatic rings. The lowest BCUT2D eigenvalue weighted by Crippen LogP contribution is -1.95. The van der Waals surface area contributed by atoms with Crippen LogP contribution in [0.1, 0.15) is 5.56 Å². The van der Waals surface area contributed by atoms with Crippen molar-refractivity contribution in [3.63, 3.8) is 0 Å². The van der Waals surface area contributed by atoms with Crippen LogP contribution in [0.5, 0.6) is 0 Å². The molecule has 1 aromatic heterocycles. The van der Waals surface area contributed by atoms with Crippen LogP contribution in [-0.2, 0) is 0 Å². The number of thiol groups is 1. The highest BCUT2D eigenvalue weighted by Gasteiger charge is 2.16. The van der Waals surface area contributed by atoms with Gasteiger partial charge in [0.25, 0.3) is 0 Å². The van der Waals surface area contributed by atoms with Crippen LogP contribution in [0.25, 0.3) is 38.6 Å². The Bertz CT molecular complexity index is 1280. The molecule has 130 valence electrons. The summed E-state index contributed by atoms with van der Waals surface area (Å²) in [7, 11) is 0. The quantitative estimate of drug-likeness (QED) is 0.320. The van der Waals surface area contributed by atoms with Crippen LogP contribution in [0.2, 0.25) is 0 Å². The number of benzene rings is 4. The molecule has 2 heteroatoms. The van der Waals surface area contributed by atoms with Crippen molar-refractivity contribution in [2.24, 2.45) is 0 Å². The first-order valence-electron chi connectivity index (χ1n) is 9.11. The average Bonchev–Trinajstić information content (AvgIpc) is 3.04. The summed E-state index contributed by atoms with van der Waals surface area (Å²) >= 11 is 5.01. The zero-order valence-electron chi connectivity index (χ0n) is 15.1. The summed E-state index contributed by atoms with van der Waals surface area (Å²) in [6, 6.07) is 32.1. The molecule has 0 atom stereocenters. The zero-order chi connectivity index (χ0) is 18.4. The molecule has 5 rings (SSSR count). The van der Waals surface area contributed by atoms with E-state index in [4.69, 9.17) is 12.6 Å². The van der Waals surface area contributed by atoms with Crippen LogP contribution in [-0.4, -0.2) is 4.57 Å². The lowest BCUT2D eigenvalue weighted by molar-refractivity contribution is 1.15. The lowest BCUT2D eigenvalue weighted by Gasteiger charge is -2.12. The third kappa shape index (κ3) is 2.56. The van der Waals surface area contributed by atoms with Crippen molar-refractivity contribution in [3.05, 3.63) is 96.6 Å². The maximum Gasteiger partial charge on any atom is 0.0680 e. The van der Waals surface area contributed by atoms with Gasteiger partial charge in [-0.05, 0) is 41.8 Å². The Hall–Kier alpha value is -2.97. The summed E-state index contributed by atoms with van der Waals surface area (Å²) in [5.74, 6) is 0. The topological polar surface area (TPSA) is 4.93 Å². The molecule has 1 heterocycles. The third-order valence-electron chi connectivity index (χ3n) is 5.15. The molecule has 0 fully saturated rings. The van der Waals surface area contributed by atoms with Crippen molar-refractivity contribution in [2.45, 2.75) is 11.8 Å². The molecular weight excluding hydrogens is 346 g/mol. The maximum atomic E-state index is 5.01. The number of aromatic nitrogens is 1. The Morgan fingerprint density at radius 2 is 1.48 bits per heavy atom. The average molecular weight is 366 g/mol. The number of hydrogen-bond acceptors (Lipinski definition) is 1. The summed E-state index contributed by atoms with van der Waals surface area (Å²) in [5.41, 5.74) is 7.12. The first-order chi connectivity index (χ1) is 13.2. The number of nitrogens with zero attached hydrogens (tertiary/aromatic N) is 1. The van der Waals surface area contributed by atoms with Gasteiger partial charge in [-0.1, -0.05) is 72.8 Å². The van der Waals surface area contributed by atoms with Gasteiger partial charge in [0.2, 0.25) is 0 Å². The van der Waals surface area contributed by atoms with E-state index >= 15 is 0 Å². The molecule has 0 aliphatic carbocycles. The molecule has 0 radical (unpaired) electrons. The second kappa shape index (κ2) is 6.33. The van der Waals surface area contributed by atoms with E-state index in [0.717, 1.165) is 16.0 Å². The van der Waals surface area contributed by atoms with Gasteiger partial charge >= 0.3 is 0 Å². The highest BCUT2D eigenvalue weighted by molar-refractivity contribution is 7.80. The Balaban J connectivity index is 1.94. The predicted octanol–water partition coefficient (Wildman–Crippen LogP) is 7.05. The molecule has 0 aliphatic heterocycles. The summed E-state index contributed by atoms with van der Waals surface area (Å²) < 4.78 is 2.34. The molecule has 27 heavy (non-hydrogen) atoms. The number of hydrogen-bond donors (Lipinski definition) is 1. The number of fused-ring (bicyclic) bond motifs is 3. The highest BCUT2D eigenvalue weighted by atomic mass is 32.1. The van der Waals surface area contributed by atoms with Crippen molar-refractivity contribution in [2.75, 3.05) is 0 Å². The van der Waals surface area contributed by atoms with Crippen LogP contribution in [0, 0.1) is 6.92 Å². The molecule has 5 aromatic rings. The van der Waals surface area contributed by atoms with Crippen molar-refractivity contribution in [3.8, 4) is 16.8 Å². The van der Waals surface area contributed by atoms with E-state index in [1.165, 1.54) is 33.1 Å². The second-order valence-electron chi connectivity index (χ2n) is 6.92. The molecule has 0 unspecified atom stereocenters. The minimum atomic E-state index is 1.01. The smallest absolute Gasteiger partial charge is 0.0680 e.